The van der Waals surface area contributed by atoms with Gasteiger partial charge >= 0.3 is 0 Å². The molecule has 1 aromatic heterocycles. The summed E-state index contributed by atoms with van der Waals surface area (Å²) >= 11 is 0. The Bertz CT molecular complexity index is 1170. The summed E-state index contributed by atoms with van der Waals surface area (Å²) in [5.41, 5.74) is 4.19. The quantitative estimate of drug-likeness (QED) is 0.499. The number of anilines is 1. The van der Waals surface area contributed by atoms with Crippen molar-refractivity contribution in [2.45, 2.75) is 32.1 Å². The third-order valence-corrected chi connectivity index (χ3v) is 8.16. The lowest BCUT2D eigenvalue weighted by molar-refractivity contribution is -0.120. The molecule has 1 aliphatic heterocycles. The zero-order valence-electron chi connectivity index (χ0n) is 19.3. The van der Waals surface area contributed by atoms with E-state index in [-0.39, 0.29) is 24.1 Å². The van der Waals surface area contributed by atoms with Crippen LogP contribution in [-0.4, -0.2) is 42.5 Å². The van der Waals surface area contributed by atoms with E-state index in [1.165, 1.54) is 9.87 Å². The molecule has 3 aromatic rings. The number of nitrogens with zero attached hydrogens (tertiary/aromatic N) is 2. The molecule has 2 heterocycles. The van der Waals surface area contributed by atoms with Gasteiger partial charge in [0.05, 0.1) is 11.7 Å². The molecule has 4 rings (SSSR count). The van der Waals surface area contributed by atoms with Crippen LogP contribution in [-0.2, 0) is 27.7 Å². The number of hydrogen-bond acceptors (Lipinski definition) is 4. The molecule has 2 aromatic carbocycles. The number of carbonyl (C=O) groups excluding carboxylic acids is 1. The average molecular weight is 478 g/mol. The SMILES string of the molecule is O=C(Nc1ccc(Cc2ccncc2)cc1)[C@H]1CCCN(S(=O)(=O)CCCc2ccccc2)C1. The first-order valence-electron chi connectivity index (χ1n) is 11.8. The Balaban J connectivity index is 1.28. The zero-order chi connectivity index (χ0) is 23.8. The van der Waals surface area contributed by atoms with Crippen molar-refractivity contribution in [2.24, 2.45) is 5.92 Å². The van der Waals surface area contributed by atoms with Gasteiger partial charge in [-0.1, -0.05) is 42.5 Å². The number of carbonyl (C=O) groups is 1. The van der Waals surface area contributed by atoms with Gasteiger partial charge in [0.1, 0.15) is 0 Å². The Kier molecular flexibility index (Phi) is 8.08. The molecule has 34 heavy (non-hydrogen) atoms. The molecular weight excluding hydrogens is 446 g/mol. The highest BCUT2D eigenvalue weighted by Gasteiger charge is 2.32. The van der Waals surface area contributed by atoms with Gasteiger partial charge < -0.3 is 5.32 Å². The minimum atomic E-state index is -3.38. The largest absolute Gasteiger partial charge is 0.326 e. The van der Waals surface area contributed by atoms with Crippen molar-refractivity contribution in [1.29, 1.82) is 0 Å². The van der Waals surface area contributed by atoms with Crippen LogP contribution in [0.1, 0.15) is 36.0 Å². The molecule has 1 aliphatic rings. The van der Waals surface area contributed by atoms with Crippen LogP contribution >= 0.6 is 0 Å². The van der Waals surface area contributed by atoms with Crippen LogP contribution in [0.4, 0.5) is 5.69 Å². The summed E-state index contributed by atoms with van der Waals surface area (Å²) in [6.45, 7) is 0.737. The van der Waals surface area contributed by atoms with Crippen molar-refractivity contribution in [3.63, 3.8) is 0 Å². The van der Waals surface area contributed by atoms with E-state index in [1.807, 2.05) is 66.7 Å². The fraction of sp³-hybridized carbons (Fsp3) is 0.333. The Labute approximate surface area is 202 Å². The summed E-state index contributed by atoms with van der Waals surface area (Å²) in [7, 11) is -3.38. The maximum absolute atomic E-state index is 12.9. The molecule has 0 unspecified atom stereocenters. The lowest BCUT2D eigenvalue weighted by Crippen LogP contribution is -2.44. The smallest absolute Gasteiger partial charge is 0.228 e. The number of nitrogens with one attached hydrogen (secondary N) is 1. The molecule has 0 radical (unpaired) electrons. The Hall–Kier alpha value is -3.03. The molecule has 1 atom stereocenters. The Morgan fingerprint density at radius 1 is 0.941 bits per heavy atom. The van der Waals surface area contributed by atoms with Gasteiger partial charge in [-0.2, -0.15) is 0 Å². The van der Waals surface area contributed by atoms with Crippen LogP contribution < -0.4 is 5.32 Å². The van der Waals surface area contributed by atoms with Crippen molar-refractivity contribution < 1.29 is 13.2 Å². The summed E-state index contributed by atoms with van der Waals surface area (Å²) < 4.78 is 27.3. The van der Waals surface area contributed by atoms with Crippen LogP contribution in [0.2, 0.25) is 0 Å². The number of aromatic nitrogens is 1. The number of piperidine rings is 1. The Morgan fingerprint density at radius 2 is 1.65 bits per heavy atom. The first-order chi connectivity index (χ1) is 16.5. The molecule has 1 saturated heterocycles. The average Bonchev–Trinajstić information content (AvgIpc) is 2.86. The molecule has 7 heteroatoms. The predicted octanol–water partition coefficient (Wildman–Crippen LogP) is 4.29. The maximum Gasteiger partial charge on any atom is 0.228 e. The van der Waals surface area contributed by atoms with Crippen LogP contribution in [0.15, 0.2) is 79.1 Å². The predicted molar refractivity (Wildman–Crippen MR) is 135 cm³/mol. The van der Waals surface area contributed by atoms with Crippen LogP contribution in [0.3, 0.4) is 0 Å². The highest BCUT2D eigenvalue weighted by molar-refractivity contribution is 7.89. The number of amides is 1. The van der Waals surface area contributed by atoms with Crippen LogP contribution in [0.5, 0.6) is 0 Å². The second-order valence-corrected chi connectivity index (χ2v) is 10.9. The van der Waals surface area contributed by atoms with Crippen molar-refractivity contribution in [2.75, 3.05) is 24.2 Å². The lowest BCUT2D eigenvalue weighted by atomic mass is 9.98. The number of pyridine rings is 1. The normalized spacial score (nSPS) is 16.8. The monoisotopic (exact) mass is 477 g/mol. The molecule has 0 saturated carbocycles. The molecule has 1 fully saturated rings. The van der Waals surface area contributed by atoms with Crippen LogP contribution in [0, 0.1) is 5.92 Å². The minimum absolute atomic E-state index is 0.106. The number of benzene rings is 2. The zero-order valence-corrected chi connectivity index (χ0v) is 20.1. The molecule has 1 N–H and O–H groups in total. The molecule has 6 nitrogen and oxygen atoms in total. The second kappa shape index (κ2) is 11.4. The van der Waals surface area contributed by atoms with Gasteiger partial charge in [-0.15, -0.1) is 0 Å². The second-order valence-electron chi connectivity index (χ2n) is 8.82. The summed E-state index contributed by atoms with van der Waals surface area (Å²) in [6, 6.07) is 21.7. The number of aryl methyl sites for hydroxylation is 1. The van der Waals surface area contributed by atoms with Crippen LogP contribution in [0.25, 0.3) is 0 Å². The van der Waals surface area contributed by atoms with E-state index >= 15 is 0 Å². The molecule has 0 aliphatic carbocycles. The Morgan fingerprint density at radius 3 is 2.38 bits per heavy atom. The number of rotatable bonds is 9. The third-order valence-electron chi connectivity index (χ3n) is 6.24. The summed E-state index contributed by atoms with van der Waals surface area (Å²) in [6.07, 6.45) is 7.06. The third kappa shape index (κ3) is 6.74. The van der Waals surface area contributed by atoms with E-state index in [9.17, 15) is 13.2 Å². The van der Waals surface area contributed by atoms with Gasteiger partial charge in [0.2, 0.25) is 15.9 Å². The fourth-order valence-electron chi connectivity index (χ4n) is 4.33. The van der Waals surface area contributed by atoms with Gasteiger partial charge in [-0.05, 0) is 73.1 Å². The maximum atomic E-state index is 12.9. The number of sulfonamides is 1. The first-order valence-corrected chi connectivity index (χ1v) is 13.4. The van der Waals surface area contributed by atoms with E-state index in [1.54, 1.807) is 12.4 Å². The highest BCUT2D eigenvalue weighted by Crippen LogP contribution is 2.22. The molecule has 178 valence electrons. The van der Waals surface area contributed by atoms with E-state index in [0.29, 0.717) is 25.8 Å². The molecule has 1 amide bonds. The van der Waals surface area contributed by atoms with E-state index < -0.39 is 10.0 Å². The highest BCUT2D eigenvalue weighted by atomic mass is 32.2. The van der Waals surface area contributed by atoms with E-state index in [2.05, 4.69) is 10.3 Å². The topological polar surface area (TPSA) is 79.4 Å². The summed E-state index contributed by atoms with van der Waals surface area (Å²) in [5.74, 6) is -0.352. The fourth-order valence-corrected chi connectivity index (χ4v) is 5.91. The van der Waals surface area contributed by atoms with E-state index in [0.717, 1.165) is 29.7 Å². The number of hydrogen-bond donors (Lipinski definition) is 1. The summed E-state index contributed by atoms with van der Waals surface area (Å²) in [4.78, 5) is 16.9. The van der Waals surface area contributed by atoms with Crippen molar-refractivity contribution in [1.82, 2.24) is 9.29 Å². The van der Waals surface area contributed by atoms with Crippen molar-refractivity contribution in [3.05, 3.63) is 95.8 Å². The van der Waals surface area contributed by atoms with Gasteiger partial charge in [0, 0.05) is 31.2 Å². The van der Waals surface area contributed by atoms with Crippen molar-refractivity contribution >= 4 is 21.6 Å². The first kappa shape index (κ1) is 24.1. The molecular formula is C27H31N3O3S. The molecule has 0 bridgehead atoms. The van der Waals surface area contributed by atoms with Crippen molar-refractivity contribution in [3.8, 4) is 0 Å². The van der Waals surface area contributed by atoms with Gasteiger partial charge in [0.25, 0.3) is 0 Å². The molecule has 0 spiro atoms. The summed E-state index contributed by atoms with van der Waals surface area (Å²) in [5, 5.41) is 2.97. The van der Waals surface area contributed by atoms with Gasteiger partial charge in [-0.3, -0.25) is 9.78 Å². The van der Waals surface area contributed by atoms with Gasteiger partial charge in [0.15, 0.2) is 0 Å². The van der Waals surface area contributed by atoms with E-state index in [4.69, 9.17) is 0 Å². The lowest BCUT2D eigenvalue weighted by Gasteiger charge is -2.31. The van der Waals surface area contributed by atoms with Gasteiger partial charge in [-0.25, -0.2) is 12.7 Å². The minimum Gasteiger partial charge on any atom is -0.326 e. The standard InChI is InChI=1S/C27H31N3O3S/c31-27(29-26-12-10-23(11-13-26)20-24-14-16-28-17-15-24)25-9-4-18-30(21-25)34(32,33)19-5-8-22-6-2-1-3-7-22/h1-3,6-7,10-17,25H,4-5,8-9,18-21H2,(H,29,31)/t25-/m0/s1.